The fraction of sp³-hybridized carbons (Fsp3) is 0.810. The zero-order chi connectivity index (χ0) is 37.1. The molecule has 3 aliphatic rings. The molecule has 1 aromatic rings. The van der Waals surface area contributed by atoms with Crippen molar-refractivity contribution in [2.75, 3.05) is 14.1 Å². The van der Waals surface area contributed by atoms with Gasteiger partial charge in [-0.1, -0.05) is 70.9 Å². The fourth-order valence-corrected chi connectivity index (χ4v) is 8.43. The molecule has 1 aromatic carbocycles. The van der Waals surface area contributed by atoms with Gasteiger partial charge in [0.2, 0.25) is 0 Å². The number of carbonyl (C=O) groups is 2. The third-order valence-corrected chi connectivity index (χ3v) is 12.0. The van der Waals surface area contributed by atoms with Gasteiger partial charge in [-0.15, -0.1) is 0 Å². The first-order valence-corrected chi connectivity index (χ1v) is 20.1. The summed E-state index contributed by atoms with van der Waals surface area (Å²) < 4.78 is 31.0. The molecule has 290 valence electrons. The van der Waals surface area contributed by atoms with Crippen LogP contribution in [0.2, 0.25) is 0 Å². The summed E-state index contributed by atoms with van der Waals surface area (Å²) in [4.78, 5) is 28.5. The molecule has 0 amide bonds. The molecule has 1 N–H and O–H groups in total. The van der Waals surface area contributed by atoms with Crippen LogP contribution < -0.4 is 0 Å². The van der Waals surface area contributed by atoms with Gasteiger partial charge in [-0.25, -0.2) is 0 Å². The third-order valence-electron chi connectivity index (χ3n) is 12.0. The molecule has 3 heterocycles. The quantitative estimate of drug-likeness (QED) is 0.138. The Kier molecular flexibility index (Phi) is 16.7. The van der Waals surface area contributed by atoms with Crippen LogP contribution in [-0.2, 0) is 39.9 Å². The van der Waals surface area contributed by atoms with Crippen molar-refractivity contribution in [3.05, 3.63) is 35.9 Å². The number of hydrogen-bond donors (Lipinski definition) is 1. The lowest BCUT2D eigenvalue weighted by Crippen LogP contribution is -2.40. The zero-order valence-electron chi connectivity index (χ0n) is 32.8. The van der Waals surface area contributed by atoms with Crippen molar-refractivity contribution >= 4 is 11.9 Å². The van der Waals surface area contributed by atoms with E-state index in [1.54, 1.807) is 0 Å². The third kappa shape index (κ3) is 12.0. The number of aliphatic hydroxyl groups excluding tert-OH is 1. The molecule has 13 atom stereocenters. The highest BCUT2D eigenvalue weighted by Gasteiger charge is 2.42. The number of carbonyl (C=O) groups excluding carboxylic acids is 2. The Morgan fingerprint density at radius 2 is 1.27 bits per heavy atom. The van der Waals surface area contributed by atoms with Crippen LogP contribution >= 0.6 is 0 Å². The molecule has 9 heteroatoms. The first-order valence-electron chi connectivity index (χ1n) is 20.1. The van der Waals surface area contributed by atoms with Gasteiger partial charge in [-0.2, -0.15) is 0 Å². The topological polar surface area (TPSA) is 104 Å². The number of hydrogen-bond acceptors (Lipinski definition) is 9. The van der Waals surface area contributed by atoms with Crippen LogP contribution in [0.5, 0.6) is 0 Å². The largest absolute Gasteiger partial charge is 0.462 e. The van der Waals surface area contributed by atoms with E-state index in [2.05, 4.69) is 46.7 Å². The minimum Gasteiger partial charge on any atom is -0.462 e. The van der Waals surface area contributed by atoms with E-state index in [1.165, 1.54) is 6.42 Å². The normalized spacial score (nSPS) is 29.3. The van der Waals surface area contributed by atoms with Gasteiger partial charge < -0.3 is 33.7 Å². The molecule has 3 saturated heterocycles. The number of nitrogens with zero attached hydrogens (tertiary/aromatic N) is 1. The Balaban J connectivity index is 1.20. The van der Waals surface area contributed by atoms with Crippen LogP contribution in [0.3, 0.4) is 0 Å². The van der Waals surface area contributed by atoms with Crippen LogP contribution in [0.25, 0.3) is 0 Å². The number of aliphatic hydroxyl groups is 1. The summed E-state index contributed by atoms with van der Waals surface area (Å²) in [6.45, 7) is 12.5. The lowest BCUT2D eigenvalue weighted by molar-refractivity contribution is -0.162. The molecule has 0 saturated carbocycles. The van der Waals surface area contributed by atoms with Crippen molar-refractivity contribution in [1.82, 2.24) is 4.90 Å². The molecule has 3 aliphatic heterocycles. The first kappa shape index (κ1) is 41.7. The van der Waals surface area contributed by atoms with Crippen molar-refractivity contribution in [1.29, 1.82) is 0 Å². The van der Waals surface area contributed by atoms with Crippen LogP contribution in [0.1, 0.15) is 124 Å². The van der Waals surface area contributed by atoms with Gasteiger partial charge in [0, 0.05) is 24.3 Å². The smallest absolute Gasteiger partial charge is 0.311 e. The van der Waals surface area contributed by atoms with Crippen molar-refractivity contribution in [2.45, 2.75) is 180 Å². The SMILES string of the molecule is CCC[C@@H](C[C@@H]1CC[C@H]([C@H](C)C(=O)OCc2ccccc2)O1)OC(=O)[C@H](C)[C@H]1CC[C@@H]([C@@H](C)[C@@H](O)[C@H](C)[C@H]2CC[C@@H](C[C@@H](CCC)N(C)C)O2)O1. The van der Waals surface area contributed by atoms with Gasteiger partial charge in [0.15, 0.2) is 0 Å². The van der Waals surface area contributed by atoms with E-state index in [4.69, 9.17) is 23.7 Å². The van der Waals surface area contributed by atoms with Crippen LogP contribution in [0.4, 0.5) is 0 Å². The summed E-state index contributed by atoms with van der Waals surface area (Å²) >= 11 is 0. The van der Waals surface area contributed by atoms with E-state index in [9.17, 15) is 14.7 Å². The standard InChI is InChI=1S/C42H69NO8/c1-9-14-32(43(7)8)24-34-18-20-36(48-34)27(3)40(44)28(4)37-22-23-39(51-37)30(6)42(46)50-33(15-10-2)25-35-19-21-38(49-35)29(5)41(45)47-26-31-16-12-11-13-17-31/h11-13,16-17,27-30,32-40,44H,9-10,14-15,18-26H2,1-8H3/t27-,28-,29+,30-,32-,33+,34+,35+,36-,37+,38-,39-,40+/m1/s1. The minimum absolute atomic E-state index is 0.00847. The second-order valence-corrected chi connectivity index (χ2v) is 16.1. The van der Waals surface area contributed by atoms with Crippen molar-refractivity contribution in [3.8, 4) is 0 Å². The lowest BCUT2D eigenvalue weighted by Gasteiger charge is -2.33. The number of benzene rings is 1. The molecule has 0 bridgehead atoms. The molecular formula is C42H69NO8. The van der Waals surface area contributed by atoms with Crippen molar-refractivity contribution in [2.24, 2.45) is 23.7 Å². The van der Waals surface area contributed by atoms with Crippen LogP contribution in [-0.4, -0.2) is 90.9 Å². The molecule has 0 aromatic heterocycles. The number of rotatable bonds is 20. The van der Waals surface area contributed by atoms with Gasteiger partial charge in [-0.05, 0) is 91.3 Å². The first-order chi connectivity index (χ1) is 24.4. The Morgan fingerprint density at radius 1 is 0.745 bits per heavy atom. The maximum absolute atomic E-state index is 13.4. The summed E-state index contributed by atoms with van der Waals surface area (Å²) in [5.74, 6) is -1.32. The van der Waals surface area contributed by atoms with Crippen molar-refractivity contribution < 1.29 is 38.4 Å². The second-order valence-electron chi connectivity index (χ2n) is 16.1. The number of esters is 2. The molecule has 4 rings (SSSR count). The highest BCUT2D eigenvalue weighted by Crippen LogP contribution is 2.37. The van der Waals surface area contributed by atoms with Gasteiger partial charge in [0.1, 0.15) is 12.7 Å². The van der Waals surface area contributed by atoms with Gasteiger partial charge >= 0.3 is 11.9 Å². The van der Waals surface area contributed by atoms with E-state index < -0.39 is 12.0 Å². The maximum atomic E-state index is 13.4. The summed E-state index contributed by atoms with van der Waals surface area (Å²) in [6, 6.07) is 10.2. The molecule has 3 fully saturated rings. The van der Waals surface area contributed by atoms with E-state index in [-0.39, 0.29) is 79.0 Å². The number of ether oxygens (including phenoxy) is 5. The minimum atomic E-state index is -0.544. The van der Waals surface area contributed by atoms with Gasteiger partial charge in [0.05, 0.1) is 54.6 Å². The Hall–Kier alpha value is -2.04. The summed E-state index contributed by atoms with van der Waals surface area (Å²) in [6.07, 6.45) is 9.69. The molecule has 0 aliphatic carbocycles. The highest BCUT2D eigenvalue weighted by molar-refractivity contribution is 5.73. The Morgan fingerprint density at radius 3 is 1.92 bits per heavy atom. The molecule has 51 heavy (non-hydrogen) atoms. The molecule has 0 unspecified atom stereocenters. The summed E-state index contributed by atoms with van der Waals surface area (Å²) in [5.41, 5.74) is 0.959. The molecule has 0 spiro atoms. The van der Waals surface area contributed by atoms with E-state index >= 15 is 0 Å². The Labute approximate surface area is 308 Å². The highest BCUT2D eigenvalue weighted by atomic mass is 16.6. The lowest BCUT2D eigenvalue weighted by atomic mass is 9.84. The van der Waals surface area contributed by atoms with E-state index in [0.29, 0.717) is 12.5 Å². The van der Waals surface area contributed by atoms with E-state index in [1.807, 2.05) is 44.2 Å². The predicted molar refractivity (Wildman–Crippen MR) is 199 cm³/mol. The van der Waals surface area contributed by atoms with Crippen LogP contribution in [0.15, 0.2) is 30.3 Å². The summed E-state index contributed by atoms with van der Waals surface area (Å²) in [5, 5.41) is 11.5. The van der Waals surface area contributed by atoms with E-state index in [0.717, 1.165) is 69.8 Å². The predicted octanol–water partition coefficient (Wildman–Crippen LogP) is 7.50. The molecule has 9 nitrogen and oxygen atoms in total. The van der Waals surface area contributed by atoms with Crippen molar-refractivity contribution in [3.63, 3.8) is 0 Å². The monoisotopic (exact) mass is 716 g/mol. The van der Waals surface area contributed by atoms with Crippen LogP contribution in [0, 0.1) is 23.7 Å². The average Bonchev–Trinajstić information content (AvgIpc) is 3.91. The molecular weight excluding hydrogens is 646 g/mol. The zero-order valence-corrected chi connectivity index (χ0v) is 32.8. The van der Waals surface area contributed by atoms with Gasteiger partial charge in [-0.3, -0.25) is 9.59 Å². The fourth-order valence-electron chi connectivity index (χ4n) is 8.43. The molecule has 0 radical (unpaired) electrons. The average molecular weight is 716 g/mol. The second kappa shape index (κ2) is 20.4. The Bertz CT molecular complexity index is 1180. The maximum Gasteiger partial charge on any atom is 0.311 e. The summed E-state index contributed by atoms with van der Waals surface area (Å²) in [7, 11) is 4.30. The van der Waals surface area contributed by atoms with Gasteiger partial charge in [0.25, 0.3) is 0 Å².